The summed E-state index contributed by atoms with van der Waals surface area (Å²) < 4.78 is 0. The Morgan fingerprint density at radius 1 is 1.26 bits per heavy atom. The number of aliphatic carboxylic acids is 1. The molecule has 7 heteroatoms. The van der Waals surface area contributed by atoms with Crippen LogP contribution in [0.1, 0.15) is 46.0 Å². The predicted molar refractivity (Wildman–Crippen MR) is 84.9 cm³/mol. The van der Waals surface area contributed by atoms with Crippen LogP contribution in [-0.4, -0.2) is 53.1 Å². The summed E-state index contributed by atoms with van der Waals surface area (Å²) in [5.74, 6) is -1.16. The third-order valence-corrected chi connectivity index (χ3v) is 4.72. The fourth-order valence-electron chi connectivity index (χ4n) is 3.04. The number of nitrogens with one attached hydrogen (secondary N) is 2. The van der Waals surface area contributed by atoms with Crippen molar-refractivity contribution in [3.8, 4) is 0 Å². The summed E-state index contributed by atoms with van der Waals surface area (Å²) in [6.45, 7) is 5.64. The van der Waals surface area contributed by atoms with Gasteiger partial charge in [0.1, 0.15) is 5.54 Å². The maximum atomic E-state index is 12.4. The molecule has 1 aliphatic heterocycles. The molecule has 130 valence electrons. The van der Waals surface area contributed by atoms with Gasteiger partial charge in [0.05, 0.1) is 5.92 Å². The van der Waals surface area contributed by atoms with Gasteiger partial charge in [0.15, 0.2) is 0 Å². The van der Waals surface area contributed by atoms with Crippen LogP contribution in [0.15, 0.2) is 0 Å². The SMILES string of the molecule is CC(C)CNC(=O)N1CCCC(C(=O)NC2(C(=O)O)CCC2)C1. The minimum atomic E-state index is -1.08. The van der Waals surface area contributed by atoms with Crippen LogP contribution < -0.4 is 10.6 Å². The zero-order valence-electron chi connectivity index (χ0n) is 13.9. The quantitative estimate of drug-likeness (QED) is 0.707. The number of hydrogen-bond donors (Lipinski definition) is 3. The Labute approximate surface area is 136 Å². The van der Waals surface area contributed by atoms with Gasteiger partial charge in [0.2, 0.25) is 5.91 Å². The zero-order valence-corrected chi connectivity index (χ0v) is 13.9. The average molecular weight is 325 g/mol. The lowest BCUT2D eigenvalue weighted by atomic mass is 9.76. The highest BCUT2D eigenvalue weighted by atomic mass is 16.4. The van der Waals surface area contributed by atoms with Crippen molar-refractivity contribution in [2.24, 2.45) is 11.8 Å². The van der Waals surface area contributed by atoms with Crippen molar-refractivity contribution in [3.63, 3.8) is 0 Å². The molecule has 1 heterocycles. The number of carbonyl (C=O) groups excluding carboxylic acids is 2. The Bertz CT molecular complexity index is 474. The first-order valence-electron chi connectivity index (χ1n) is 8.42. The topological polar surface area (TPSA) is 98.7 Å². The second kappa shape index (κ2) is 7.19. The van der Waals surface area contributed by atoms with Crippen molar-refractivity contribution in [2.75, 3.05) is 19.6 Å². The number of hydrogen-bond acceptors (Lipinski definition) is 3. The predicted octanol–water partition coefficient (Wildman–Crippen LogP) is 1.19. The maximum Gasteiger partial charge on any atom is 0.329 e. The van der Waals surface area contributed by atoms with Crippen LogP contribution in [0, 0.1) is 11.8 Å². The average Bonchev–Trinajstić information content (AvgIpc) is 2.47. The molecule has 3 N–H and O–H groups in total. The third kappa shape index (κ3) is 4.14. The summed E-state index contributed by atoms with van der Waals surface area (Å²) in [5, 5.41) is 14.9. The molecule has 2 fully saturated rings. The molecule has 23 heavy (non-hydrogen) atoms. The summed E-state index contributed by atoms with van der Waals surface area (Å²) in [7, 11) is 0. The first kappa shape index (κ1) is 17.6. The number of carboxylic acids is 1. The molecule has 1 saturated heterocycles. The van der Waals surface area contributed by atoms with E-state index < -0.39 is 11.5 Å². The molecule has 1 aliphatic carbocycles. The van der Waals surface area contributed by atoms with Crippen LogP contribution in [-0.2, 0) is 9.59 Å². The largest absolute Gasteiger partial charge is 0.480 e. The number of nitrogens with zero attached hydrogens (tertiary/aromatic N) is 1. The molecule has 1 saturated carbocycles. The molecule has 1 unspecified atom stereocenters. The summed E-state index contributed by atoms with van der Waals surface area (Å²) in [5.41, 5.74) is -1.08. The van der Waals surface area contributed by atoms with Gasteiger partial charge in [0.25, 0.3) is 0 Å². The van der Waals surface area contributed by atoms with E-state index in [1.807, 2.05) is 13.8 Å². The highest BCUT2D eigenvalue weighted by Gasteiger charge is 2.46. The first-order chi connectivity index (χ1) is 10.8. The van der Waals surface area contributed by atoms with E-state index in [4.69, 9.17) is 0 Å². The number of piperidine rings is 1. The molecule has 1 atom stereocenters. The molecular weight excluding hydrogens is 298 g/mol. The lowest BCUT2D eigenvalue weighted by Gasteiger charge is -2.40. The molecule has 0 radical (unpaired) electrons. The van der Waals surface area contributed by atoms with Gasteiger partial charge >= 0.3 is 12.0 Å². The van der Waals surface area contributed by atoms with Gasteiger partial charge in [-0.15, -0.1) is 0 Å². The van der Waals surface area contributed by atoms with Gasteiger partial charge < -0.3 is 20.6 Å². The van der Waals surface area contributed by atoms with E-state index in [9.17, 15) is 19.5 Å². The Balaban J connectivity index is 1.89. The van der Waals surface area contributed by atoms with Gasteiger partial charge in [-0.2, -0.15) is 0 Å². The van der Waals surface area contributed by atoms with E-state index in [0.29, 0.717) is 44.8 Å². The Morgan fingerprint density at radius 3 is 2.48 bits per heavy atom. The fraction of sp³-hybridized carbons (Fsp3) is 0.812. The highest BCUT2D eigenvalue weighted by molar-refractivity contribution is 5.89. The number of likely N-dealkylation sites (tertiary alicyclic amines) is 1. The molecule has 0 aromatic rings. The van der Waals surface area contributed by atoms with E-state index in [-0.39, 0.29) is 17.9 Å². The molecule has 0 spiro atoms. The number of urea groups is 1. The standard InChI is InChI=1S/C16H27N3O4/c1-11(2)9-17-15(23)19-8-3-5-12(10-19)13(20)18-16(14(21)22)6-4-7-16/h11-12H,3-10H2,1-2H3,(H,17,23)(H,18,20)(H,21,22). The number of amides is 3. The minimum Gasteiger partial charge on any atom is -0.480 e. The fourth-order valence-corrected chi connectivity index (χ4v) is 3.04. The van der Waals surface area contributed by atoms with E-state index in [1.165, 1.54) is 0 Å². The van der Waals surface area contributed by atoms with E-state index in [2.05, 4.69) is 10.6 Å². The smallest absolute Gasteiger partial charge is 0.329 e. The molecule has 2 aliphatic rings. The van der Waals surface area contributed by atoms with E-state index >= 15 is 0 Å². The van der Waals surface area contributed by atoms with Gasteiger partial charge in [-0.25, -0.2) is 9.59 Å². The molecule has 7 nitrogen and oxygen atoms in total. The van der Waals surface area contributed by atoms with E-state index in [1.54, 1.807) is 4.90 Å². The Kier molecular flexibility index (Phi) is 5.49. The number of rotatable bonds is 5. The van der Waals surface area contributed by atoms with Gasteiger partial charge in [-0.1, -0.05) is 13.8 Å². The maximum absolute atomic E-state index is 12.4. The third-order valence-electron chi connectivity index (χ3n) is 4.72. The molecule has 0 aromatic heterocycles. The van der Waals surface area contributed by atoms with Gasteiger partial charge in [0, 0.05) is 19.6 Å². The van der Waals surface area contributed by atoms with Crippen molar-refractivity contribution in [1.82, 2.24) is 15.5 Å². The highest BCUT2D eigenvalue weighted by Crippen LogP contribution is 2.32. The molecular formula is C16H27N3O4. The van der Waals surface area contributed by atoms with Gasteiger partial charge in [-0.05, 0) is 38.0 Å². The molecule has 3 amide bonds. The van der Waals surface area contributed by atoms with Crippen LogP contribution in [0.25, 0.3) is 0 Å². The normalized spacial score (nSPS) is 23.1. The summed E-state index contributed by atoms with van der Waals surface area (Å²) >= 11 is 0. The Morgan fingerprint density at radius 2 is 1.96 bits per heavy atom. The van der Waals surface area contributed by atoms with Crippen LogP contribution in [0.3, 0.4) is 0 Å². The number of carbonyl (C=O) groups is 3. The van der Waals surface area contributed by atoms with Gasteiger partial charge in [-0.3, -0.25) is 4.79 Å². The van der Waals surface area contributed by atoms with Crippen LogP contribution >= 0.6 is 0 Å². The summed E-state index contributed by atoms with van der Waals surface area (Å²) in [6.07, 6.45) is 3.24. The van der Waals surface area contributed by atoms with Crippen LogP contribution in [0.2, 0.25) is 0 Å². The summed E-state index contributed by atoms with van der Waals surface area (Å²) in [4.78, 5) is 37.5. The summed E-state index contributed by atoms with van der Waals surface area (Å²) in [6, 6.07) is -0.146. The Hall–Kier alpha value is -1.79. The van der Waals surface area contributed by atoms with Crippen LogP contribution in [0.5, 0.6) is 0 Å². The van der Waals surface area contributed by atoms with Crippen molar-refractivity contribution >= 4 is 17.9 Å². The lowest BCUT2D eigenvalue weighted by molar-refractivity contribution is -0.152. The zero-order chi connectivity index (χ0) is 17.0. The van der Waals surface area contributed by atoms with Crippen molar-refractivity contribution in [1.29, 1.82) is 0 Å². The van der Waals surface area contributed by atoms with Crippen molar-refractivity contribution in [3.05, 3.63) is 0 Å². The second-order valence-electron chi connectivity index (χ2n) is 7.10. The lowest BCUT2D eigenvalue weighted by Crippen LogP contribution is -2.61. The second-order valence-corrected chi connectivity index (χ2v) is 7.10. The molecule has 0 bridgehead atoms. The van der Waals surface area contributed by atoms with E-state index in [0.717, 1.165) is 12.8 Å². The van der Waals surface area contributed by atoms with Crippen LogP contribution in [0.4, 0.5) is 4.79 Å². The minimum absolute atomic E-state index is 0.146. The number of carboxylic acid groups (broad SMARTS) is 1. The first-order valence-corrected chi connectivity index (χ1v) is 8.42. The molecule has 0 aromatic carbocycles. The van der Waals surface area contributed by atoms with Crippen molar-refractivity contribution in [2.45, 2.75) is 51.5 Å². The molecule has 2 rings (SSSR count). The van der Waals surface area contributed by atoms with Crippen molar-refractivity contribution < 1.29 is 19.5 Å². The monoisotopic (exact) mass is 325 g/mol.